The summed E-state index contributed by atoms with van der Waals surface area (Å²) in [5.74, 6) is -0.564. The van der Waals surface area contributed by atoms with E-state index in [4.69, 9.17) is 16.0 Å². The van der Waals surface area contributed by atoms with Gasteiger partial charge in [-0.2, -0.15) is 0 Å². The average Bonchev–Trinajstić information content (AvgIpc) is 3.32. The monoisotopic (exact) mass is 445 g/mol. The number of benzene rings is 1. The van der Waals surface area contributed by atoms with Gasteiger partial charge in [-0.1, -0.05) is 30.7 Å². The molecule has 3 rings (SSSR count). The molecular weight excluding hydrogens is 418 g/mol. The second kappa shape index (κ2) is 10.5. The van der Waals surface area contributed by atoms with Crippen molar-refractivity contribution in [1.29, 1.82) is 0 Å². The van der Waals surface area contributed by atoms with Gasteiger partial charge < -0.3 is 20.0 Å². The standard InChI is InChI=1S/C23H28ClN3O4/c1-3-15(2)25-22(29)20(26-21(28)17-7-4-5-8-18(17)24)16-10-12-27(13-11-16)23(30)19-9-6-14-31-19/h4-9,14-16,20H,3,10-13H2,1-2H3,(H,25,29)(H,26,28)/t15-,20-/m1/s1. The highest BCUT2D eigenvalue weighted by Gasteiger charge is 2.35. The Morgan fingerprint density at radius 2 is 1.84 bits per heavy atom. The Morgan fingerprint density at radius 1 is 1.13 bits per heavy atom. The van der Waals surface area contributed by atoms with Crippen molar-refractivity contribution in [2.24, 2.45) is 5.92 Å². The number of halogens is 1. The number of nitrogens with one attached hydrogen (secondary N) is 2. The molecule has 1 aromatic carbocycles. The molecule has 166 valence electrons. The van der Waals surface area contributed by atoms with E-state index in [1.54, 1.807) is 41.3 Å². The van der Waals surface area contributed by atoms with Crippen molar-refractivity contribution in [1.82, 2.24) is 15.5 Å². The van der Waals surface area contributed by atoms with E-state index in [1.165, 1.54) is 6.26 Å². The fourth-order valence-corrected chi connectivity index (χ4v) is 3.91. The molecule has 2 N–H and O–H groups in total. The fourth-order valence-electron chi connectivity index (χ4n) is 3.69. The van der Waals surface area contributed by atoms with Gasteiger partial charge in [-0.3, -0.25) is 14.4 Å². The molecule has 0 radical (unpaired) electrons. The van der Waals surface area contributed by atoms with E-state index < -0.39 is 6.04 Å². The maximum absolute atomic E-state index is 13.0. The second-order valence-electron chi connectivity index (χ2n) is 7.86. The molecule has 2 heterocycles. The number of likely N-dealkylation sites (tertiary alicyclic amines) is 1. The van der Waals surface area contributed by atoms with Crippen LogP contribution in [0.15, 0.2) is 47.1 Å². The van der Waals surface area contributed by atoms with Gasteiger partial charge in [-0.05, 0) is 56.4 Å². The number of carbonyl (C=O) groups is 3. The number of hydrogen-bond acceptors (Lipinski definition) is 4. The highest BCUT2D eigenvalue weighted by atomic mass is 35.5. The van der Waals surface area contributed by atoms with Crippen molar-refractivity contribution in [3.63, 3.8) is 0 Å². The summed E-state index contributed by atoms with van der Waals surface area (Å²) in [4.78, 5) is 40.1. The molecule has 2 aromatic rings. The lowest BCUT2D eigenvalue weighted by molar-refractivity contribution is -0.125. The third kappa shape index (κ3) is 5.67. The highest BCUT2D eigenvalue weighted by Crippen LogP contribution is 2.24. The van der Waals surface area contributed by atoms with Gasteiger partial charge in [0.2, 0.25) is 5.91 Å². The minimum Gasteiger partial charge on any atom is -0.459 e. The van der Waals surface area contributed by atoms with E-state index in [0.29, 0.717) is 42.3 Å². The quantitative estimate of drug-likeness (QED) is 0.682. The first-order chi connectivity index (χ1) is 14.9. The first-order valence-corrected chi connectivity index (χ1v) is 11.0. The van der Waals surface area contributed by atoms with Gasteiger partial charge >= 0.3 is 0 Å². The zero-order valence-corrected chi connectivity index (χ0v) is 18.5. The summed E-state index contributed by atoms with van der Waals surface area (Å²) < 4.78 is 5.21. The van der Waals surface area contributed by atoms with Gasteiger partial charge in [0.05, 0.1) is 16.8 Å². The third-order valence-corrected chi connectivity index (χ3v) is 6.05. The van der Waals surface area contributed by atoms with Gasteiger partial charge in [0.1, 0.15) is 6.04 Å². The van der Waals surface area contributed by atoms with Crippen LogP contribution in [0.5, 0.6) is 0 Å². The molecule has 1 aromatic heterocycles. The lowest BCUT2D eigenvalue weighted by Crippen LogP contribution is -2.55. The van der Waals surface area contributed by atoms with Crippen molar-refractivity contribution in [3.05, 3.63) is 59.0 Å². The molecule has 1 aliphatic heterocycles. The van der Waals surface area contributed by atoms with E-state index >= 15 is 0 Å². The van der Waals surface area contributed by atoms with Crippen LogP contribution in [0.25, 0.3) is 0 Å². The molecule has 1 saturated heterocycles. The number of rotatable bonds is 7. The van der Waals surface area contributed by atoms with Crippen LogP contribution in [0.3, 0.4) is 0 Å². The molecule has 2 atom stereocenters. The lowest BCUT2D eigenvalue weighted by Gasteiger charge is -2.35. The number of nitrogens with zero attached hydrogens (tertiary/aromatic N) is 1. The normalized spacial score (nSPS) is 16.4. The van der Waals surface area contributed by atoms with Gasteiger partial charge in [-0.15, -0.1) is 0 Å². The van der Waals surface area contributed by atoms with E-state index in [9.17, 15) is 14.4 Å². The Balaban J connectivity index is 1.71. The van der Waals surface area contributed by atoms with Crippen LogP contribution < -0.4 is 10.6 Å². The number of furan rings is 1. The summed E-state index contributed by atoms with van der Waals surface area (Å²) in [5, 5.41) is 6.19. The number of piperidine rings is 1. The first-order valence-electron chi connectivity index (χ1n) is 10.6. The summed E-state index contributed by atoms with van der Waals surface area (Å²) in [6.45, 7) is 4.88. The van der Waals surface area contributed by atoms with Gasteiger partial charge in [0.25, 0.3) is 11.8 Å². The molecule has 0 saturated carbocycles. The van der Waals surface area contributed by atoms with Gasteiger partial charge in [0.15, 0.2) is 5.76 Å². The van der Waals surface area contributed by atoms with Crippen LogP contribution in [0, 0.1) is 5.92 Å². The fraction of sp³-hybridized carbons (Fsp3) is 0.435. The molecule has 3 amide bonds. The minimum atomic E-state index is -0.710. The summed E-state index contributed by atoms with van der Waals surface area (Å²) in [6.07, 6.45) is 3.44. The number of carbonyl (C=O) groups excluding carboxylic acids is 3. The molecule has 0 bridgehead atoms. The van der Waals surface area contributed by atoms with Crippen molar-refractivity contribution >= 4 is 29.3 Å². The van der Waals surface area contributed by atoms with Crippen LogP contribution in [0.4, 0.5) is 0 Å². The summed E-state index contributed by atoms with van der Waals surface area (Å²) in [6, 6.07) is 9.35. The molecule has 31 heavy (non-hydrogen) atoms. The largest absolute Gasteiger partial charge is 0.459 e. The smallest absolute Gasteiger partial charge is 0.289 e. The average molecular weight is 446 g/mol. The summed E-state index contributed by atoms with van der Waals surface area (Å²) >= 11 is 6.16. The molecule has 8 heteroatoms. The highest BCUT2D eigenvalue weighted by molar-refractivity contribution is 6.33. The Bertz CT molecular complexity index is 907. The maximum atomic E-state index is 13.0. The van der Waals surface area contributed by atoms with Crippen molar-refractivity contribution in [2.75, 3.05) is 13.1 Å². The molecule has 1 fully saturated rings. The Kier molecular flexibility index (Phi) is 7.74. The number of hydrogen-bond donors (Lipinski definition) is 2. The zero-order chi connectivity index (χ0) is 22.4. The van der Waals surface area contributed by atoms with E-state index in [2.05, 4.69) is 10.6 Å². The summed E-state index contributed by atoms with van der Waals surface area (Å²) in [7, 11) is 0. The zero-order valence-electron chi connectivity index (χ0n) is 17.8. The molecule has 0 spiro atoms. The lowest BCUT2D eigenvalue weighted by atomic mass is 9.88. The van der Waals surface area contributed by atoms with E-state index in [-0.39, 0.29) is 29.7 Å². The van der Waals surface area contributed by atoms with Gasteiger partial charge in [0, 0.05) is 19.1 Å². The molecule has 0 unspecified atom stereocenters. The van der Waals surface area contributed by atoms with Crippen LogP contribution in [0.1, 0.15) is 54.0 Å². The predicted molar refractivity (Wildman–Crippen MR) is 118 cm³/mol. The van der Waals surface area contributed by atoms with Crippen LogP contribution >= 0.6 is 11.6 Å². The van der Waals surface area contributed by atoms with Gasteiger partial charge in [-0.25, -0.2) is 0 Å². The Hall–Kier alpha value is -2.80. The Labute approximate surface area is 187 Å². The van der Waals surface area contributed by atoms with E-state index in [1.807, 2.05) is 13.8 Å². The van der Waals surface area contributed by atoms with Crippen LogP contribution in [0.2, 0.25) is 5.02 Å². The van der Waals surface area contributed by atoms with Crippen molar-refractivity contribution in [2.45, 2.75) is 45.2 Å². The molecule has 1 aliphatic rings. The Morgan fingerprint density at radius 3 is 2.45 bits per heavy atom. The predicted octanol–water partition coefficient (Wildman–Crippen LogP) is 3.50. The van der Waals surface area contributed by atoms with Crippen molar-refractivity contribution in [3.8, 4) is 0 Å². The summed E-state index contributed by atoms with van der Waals surface area (Å²) in [5.41, 5.74) is 0.330. The second-order valence-corrected chi connectivity index (χ2v) is 8.26. The minimum absolute atomic E-state index is 0.00663. The molecule has 7 nitrogen and oxygen atoms in total. The van der Waals surface area contributed by atoms with Crippen LogP contribution in [-0.4, -0.2) is 47.8 Å². The maximum Gasteiger partial charge on any atom is 0.289 e. The number of amides is 3. The molecule has 0 aliphatic carbocycles. The van der Waals surface area contributed by atoms with Crippen LogP contribution in [-0.2, 0) is 4.79 Å². The molecular formula is C23H28ClN3O4. The first kappa shape index (κ1) is 22.9. The van der Waals surface area contributed by atoms with Crippen molar-refractivity contribution < 1.29 is 18.8 Å². The van der Waals surface area contributed by atoms with E-state index in [0.717, 1.165) is 6.42 Å². The topological polar surface area (TPSA) is 91.7 Å². The third-order valence-electron chi connectivity index (χ3n) is 5.72. The SMILES string of the molecule is CC[C@@H](C)NC(=O)[C@H](NC(=O)c1ccccc1Cl)C1CCN(C(=O)c2ccco2)CC1.